The predicted molar refractivity (Wildman–Crippen MR) is 142 cm³/mol. The van der Waals surface area contributed by atoms with Crippen LogP contribution in [0, 0.1) is 11.6 Å². The Morgan fingerprint density at radius 3 is 2.54 bits per heavy atom. The zero-order chi connectivity index (χ0) is 29.9. The van der Waals surface area contributed by atoms with Crippen LogP contribution in [0.2, 0.25) is 5.02 Å². The van der Waals surface area contributed by atoms with Crippen molar-refractivity contribution in [3.05, 3.63) is 104 Å². The maximum atomic E-state index is 14.5. The average Bonchev–Trinajstić information content (AvgIpc) is 2.90. The van der Waals surface area contributed by atoms with Crippen LogP contribution in [0.25, 0.3) is 28.2 Å². The third-order valence-electron chi connectivity index (χ3n) is 5.81. The number of alkyl halides is 3. The number of nitrogens with one attached hydrogen (secondary N) is 1. The van der Waals surface area contributed by atoms with Crippen LogP contribution in [-0.2, 0) is 26.9 Å². The molecule has 0 unspecified atom stereocenters. The molecular formula is C29H19ClF5NO5. The summed E-state index contributed by atoms with van der Waals surface area (Å²) in [6.07, 6.45) is -3.15. The maximum Gasteiger partial charge on any atom is 0.418 e. The first kappa shape index (κ1) is 29.5. The molecule has 12 heteroatoms. The van der Waals surface area contributed by atoms with E-state index in [1.165, 1.54) is 12.2 Å². The Morgan fingerprint density at radius 1 is 1.07 bits per heavy atom. The van der Waals surface area contributed by atoms with Crippen molar-refractivity contribution < 1.29 is 40.7 Å². The van der Waals surface area contributed by atoms with Crippen LogP contribution >= 0.6 is 11.6 Å². The van der Waals surface area contributed by atoms with Crippen LogP contribution in [0.3, 0.4) is 0 Å². The van der Waals surface area contributed by atoms with Crippen LogP contribution in [-0.4, -0.2) is 18.5 Å². The van der Waals surface area contributed by atoms with E-state index in [9.17, 15) is 36.3 Å². The number of anilines is 1. The molecule has 0 spiro atoms. The molecular weight excluding hydrogens is 573 g/mol. The molecule has 1 heterocycles. The van der Waals surface area contributed by atoms with Gasteiger partial charge in [-0.05, 0) is 54.5 Å². The molecule has 0 atom stereocenters. The van der Waals surface area contributed by atoms with Gasteiger partial charge in [0, 0.05) is 23.1 Å². The number of rotatable bonds is 7. The molecule has 0 aliphatic rings. The molecule has 0 saturated heterocycles. The van der Waals surface area contributed by atoms with E-state index in [4.69, 9.17) is 20.8 Å². The summed E-state index contributed by atoms with van der Waals surface area (Å²) in [5.74, 6) is -3.67. The zero-order valence-electron chi connectivity index (χ0n) is 21.1. The van der Waals surface area contributed by atoms with E-state index in [-0.39, 0.29) is 39.8 Å². The second kappa shape index (κ2) is 11.9. The van der Waals surface area contributed by atoms with Crippen LogP contribution in [0.5, 0.6) is 0 Å². The molecule has 0 radical (unpaired) electrons. The molecule has 212 valence electrons. The van der Waals surface area contributed by atoms with Crippen molar-refractivity contribution in [3.63, 3.8) is 0 Å². The van der Waals surface area contributed by atoms with Crippen LogP contribution < -0.4 is 10.9 Å². The van der Waals surface area contributed by atoms with Crippen molar-refractivity contribution in [1.82, 2.24) is 0 Å². The van der Waals surface area contributed by atoms with Gasteiger partial charge in [-0.3, -0.25) is 4.79 Å². The van der Waals surface area contributed by atoms with E-state index in [0.717, 1.165) is 24.3 Å². The highest BCUT2D eigenvalue weighted by atomic mass is 35.5. The smallest absolute Gasteiger partial charge is 0.418 e. The van der Waals surface area contributed by atoms with Gasteiger partial charge >= 0.3 is 17.8 Å². The summed E-state index contributed by atoms with van der Waals surface area (Å²) in [6.45, 7) is 1.80. The summed E-state index contributed by atoms with van der Waals surface area (Å²) in [6, 6.07) is 10.1. The molecule has 0 bridgehead atoms. The second-order valence-electron chi connectivity index (χ2n) is 8.63. The molecule has 4 aromatic rings. The van der Waals surface area contributed by atoms with Gasteiger partial charge in [0.1, 0.15) is 17.2 Å². The van der Waals surface area contributed by atoms with Crippen LogP contribution in [0.1, 0.15) is 23.6 Å². The van der Waals surface area contributed by atoms with Crippen molar-refractivity contribution in [2.75, 3.05) is 11.9 Å². The Kier molecular flexibility index (Phi) is 8.57. The maximum absolute atomic E-state index is 14.5. The monoisotopic (exact) mass is 591 g/mol. The summed E-state index contributed by atoms with van der Waals surface area (Å²) in [7, 11) is 0. The highest BCUT2D eigenvalue weighted by Crippen LogP contribution is 2.36. The topological polar surface area (TPSA) is 85.6 Å². The normalized spacial score (nSPS) is 11.7. The minimum absolute atomic E-state index is 0.0542. The number of hydrogen-bond donors (Lipinski definition) is 1. The largest absolute Gasteiger partial charge is 0.463 e. The molecule has 41 heavy (non-hydrogen) atoms. The van der Waals surface area contributed by atoms with Gasteiger partial charge in [0.05, 0.1) is 34.9 Å². The number of carbonyl (C=O) groups is 2. The SMILES string of the molecule is CCOC(=O)C=Cc1cccc(-c2c(CC(=O)Nc3ccc(F)cc3C(F)(F)F)c(=O)oc3cc(Cl)c(F)cc23)c1. The average molecular weight is 592 g/mol. The van der Waals surface area contributed by atoms with Crippen molar-refractivity contribution in [2.24, 2.45) is 0 Å². The molecule has 1 aromatic heterocycles. The summed E-state index contributed by atoms with van der Waals surface area (Å²) >= 11 is 5.86. The molecule has 1 N–H and O–H groups in total. The Balaban J connectivity index is 1.82. The first-order valence-corrected chi connectivity index (χ1v) is 12.3. The quantitative estimate of drug-likeness (QED) is 0.107. The molecule has 6 nitrogen and oxygen atoms in total. The van der Waals surface area contributed by atoms with Gasteiger partial charge in [-0.25, -0.2) is 18.4 Å². The van der Waals surface area contributed by atoms with Gasteiger partial charge < -0.3 is 14.5 Å². The van der Waals surface area contributed by atoms with Crippen molar-refractivity contribution >= 4 is 46.2 Å². The summed E-state index contributed by atoms with van der Waals surface area (Å²) in [4.78, 5) is 37.7. The lowest BCUT2D eigenvalue weighted by molar-refractivity contribution is -0.138. The minimum Gasteiger partial charge on any atom is -0.463 e. The first-order valence-electron chi connectivity index (χ1n) is 11.9. The molecule has 4 rings (SSSR count). The first-order chi connectivity index (χ1) is 19.4. The summed E-state index contributed by atoms with van der Waals surface area (Å²) < 4.78 is 78.5. The molecule has 3 aromatic carbocycles. The fourth-order valence-corrected chi connectivity index (χ4v) is 4.25. The predicted octanol–water partition coefficient (Wildman–Crippen LogP) is 7.17. The number of amides is 1. The molecule has 0 aliphatic carbocycles. The second-order valence-corrected chi connectivity index (χ2v) is 9.04. The van der Waals surface area contributed by atoms with Crippen molar-refractivity contribution in [2.45, 2.75) is 19.5 Å². The lowest BCUT2D eigenvalue weighted by atomic mass is 9.94. The summed E-state index contributed by atoms with van der Waals surface area (Å²) in [5, 5.41) is 1.78. The molecule has 1 amide bonds. The number of ether oxygens (including phenoxy) is 1. The Bertz CT molecular complexity index is 1750. The lowest BCUT2D eigenvalue weighted by Crippen LogP contribution is -2.22. The lowest BCUT2D eigenvalue weighted by Gasteiger charge is -2.15. The standard InChI is InChI=1S/C29H19ClF5NO5/c1-2-40-26(38)9-6-15-4-3-5-16(10-15)27-18-12-22(32)21(30)14-24(18)41-28(39)19(27)13-25(37)36-23-8-7-17(31)11-20(23)29(33,34)35/h3-12,14H,2,13H2,1H3,(H,36,37). The van der Waals surface area contributed by atoms with Gasteiger partial charge in [-0.1, -0.05) is 29.8 Å². The third kappa shape index (κ3) is 6.80. The molecule has 0 aliphatic heterocycles. The fourth-order valence-electron chi connectivity index (χ4n) is 4.09. The number of esters is 1. The van der Waals surface area contributed by atoms with E-state index in [0.29, 0.717) is 11.1 Å². The van der Waals surface area contributed by atoms with E-state index in [1.54, 1.807) is 31.2 Å². The van der Waals surface area contributed by atoms with E-state index < -0.39 is 53.0 Å². The van der Waals surface area contributed by atoms with Crippen LogP contribution in [0.4, 0.5) is 27.6 Å². The van der Waals surface area contributed by atoms with Crippen LogP contribution in [0.15, 0.2) is 69.9 Å². The fraction of sp³-hybridized carbons (Fsp3) is 0.138. The van der Waals surface area contributed by atoms with Gasteiger partial charge in [-0.2, -0.15) is 13.2 Å². The van der Waals surface area contributed by atoms with E-state index in [1.807, 2.05) is 0 Å². The van der Waals surface area contributed by atoms with Gasteiger partial charge in [-0.15, -0.1) is 0 Å². The minimum atomic E-state index is -4.98. The molecule has 0 saturated carbocycles. The number of carbonyl (C=O) groups excluding carboxylic acids is 2. The van der Waals surface area contributed by atoms with Crippen molar-refractivity contribution in [1.29, 1.82) is 0 Å². The third-order valence-corrected chi connectivity index (χ3v) is 6.10. The highest BCUT2D eigenvalue weighted by molar-refractivity contribution is 6.31. The van der Waals surface area contributed by atoms with Gasteiger partial charge in [0.2, 0.25) is 5.91 Å². The van der Waals surface area contributed by atoms with Crippen molar-refractivity contribution in [3.8, 4) is 11.1 Å². The number of fused-ring (bicyclic) bond motifs is 1. The number of benzene rings is 3. The Morgan fingerprint density at radius 2 is 1.83 bits per heavy atom. The zero-order valence-corrected chi connectivity index (χ0v) is 21.8. The number of halogens is 6. The van der Waals surface area contributed by atoms with E-state index >= 15 is 0 Å². The van der Waals surface area contributed by atoms with E-state index in [2.05, 4.69) is 5.32 Å². The number of hydrogen-bond acceptors (Lipinski definition) is 5. The Labute approximate surface area is 234 Å². The molecule has 0 fully saturated rings. The Hall–Kier alpha value is -4.51. The highest BCUT2D eigenvalue weighted by Gasteiger charge is 2.34. The van der Waals surface area contributed by atoms with Gasteiger partial charge in [0.15, 0.2) is 0 Å². The summed E-state index contributed by atoms with van der Waals surface area (Å²) in [5.41, 5.74) is -2.73. The van der Waals surface area contributed by atoms with Gasteiger partial charge in [0.25, 0.3) is 0 Å².